The maximum Gasteiger partial charge on any atom is 0.252 e. The van der Waals surface area contributed by atoms with Gasteiger partial charge in [0.1, 0.15) is 0 Å². The van der Waals surface area contributed by atoms with Crippen molar-refractivity contribution in [3.05, 3.63) is 17.5 Å². The van der Waals surface area contributed by atoms with Gasteiger partial charge in [-0.1, -0.05) is 0 Å². The molecule has 0 aliphatic carbocycles. The second kappa shape index (κ2) is 6.41. The Kier molecular flexibility index (Phi) is 4.58. The van der Waals surface area contributed by atoms with Crippen LogP contribution >= 0.6 is 0 Å². The summed E-state index contributed by atoms with van der Waals surface area (Å²) in [4.78, 5) is 32.1. The Labute approximate surface area is 146 Å². The molecule has 2 unspecified atom stereocenters. The Morgan fingerprint density at radius 3 is 2.68 bits per heavy atom. The number of hydrogen-bond acceptors (Lipinski definition) is 6. The van der Waals surface area contributed by atoms with Crippen molar-refractivity contribution >= 4 is 21.7 Å². The van der Waals surface area contributed by atoms with E-state index in [1.807, 2.05) is 6.92 Å². The van der Waals surface area contributed by atoms with E-state index in [1.54, 1.807) is 29.9 Å². The maximum atomic E-state index is 13.0. The lowest BCUT2D eigenvalue weighted by Crippen LogP contribution is -2.39. The molecule has 2 aliphatic rings. The Balaban J connectivity index is 1.87. The van der Waals surface area contributed by atoms with Crippen LogP contribution < -0.4 is 0 Å². The summed E-state index contributed by atoms with van der Waals surface area (Å²) in [6, 6.07) is -0.433. The van der Waals surface area contributed by atoms with Crippen molar-refractivity contribution in [2.24, 2.45) is 13.0 Å². The fraction of sp³-hybridized carbons (Fsp3) is 0.667. The number of amides is 2. The van der Waals surface area contributed by atoms with Gasteiger partial charge in [-0.05, 0) is 6.92 Å². The van der Waals surface area contributed by atoms with Gasteiger partial charge >= 0.3 is 0 Å². The third-order valence-electron chi connectivity index (χ3n) is 4.99. The van der Waals surface area contributed by atoms with Gasteiger partial charge in [0.25, 0.3) is 5.91 Å². The molecule has 2 atom stereocenters. The van der Waals surface area contributed by atoms with Crippen molar-refractivity contribution in [1.82, 2.24) is 19.7 Å². The number of likely N-dealkylation sites (tertiary alicyclic amines) is 1. The number of carbonyl (C=O) groups is 2. The highest BCUT2D eigenvalue weighted by Gasteiger charge is 2.46. The van der Waals surface area contributed by atoms with E-state index in [2.05, 4.69) is 5.10 Å². The zero-order valence-electron chi connectivity index (χ0n) is 14.5. The summed E-state index contributed by atoms with van der Waals surface area (Å²) >= 11 is 0. The van der Waals surface area contributed by atoms with E-state index in [4.69, 9.17) is 4.84 Å². The predicted octanol–water partition coefficient (Wildman–Crippen LogP) is -0.563. The van der Waals surface area contributed by atoms with E-state index in [9.17, 15) is 18.0 Å². The molecule has 3 rings (SSSR count). The number of carbonyl (C=O) groups excluding carboxylic acids is 2. The van der Waals surface area contributed by atoms with E-state index in [0.717, 1.165) is 16.3 Å². The van der Waals surface area contributed by atoms with Gasteiger partial charge in [-0.2, -0.15) is 5.10 Å². The molecule has 9 nitrogen and oxygen atoms in total. The number of nitrogens with zero attached hydrogens (tertiary/aromatic N) is 4. The Bertz CT molecular complexity index is 803. The summed E-state index contributed by atoms with van der Waals surface area (Å²) in [5.41, 5.74) is 1.69. The second-order valence-corrected chi connectivity index (χ2v) is 8.80. The van der Waals surface area contributed by atoms with Crippen LogP contribution in [0, 0.1) is 12.8 Å². The van der Waals surface area contributed by atoms with E-state index >= 15 is 0 Å². The number of aryl methyl sites for hydroxylation is 1. The van der Waals surface area contributed by atoms with Crippen LogP contribution in [0.2, 0.25) is 0 Å². The van der Waals surface area contributed by atoms with Crippen molar-refractivity contribution < 1.29 is 22.8 Å². The molecule has 0 bridgehead atoms. The van der Waals surface area contributed by atoms with E-state index in [-0.39, 0.29) is 42.9 Å². The molecule has 0 radical (unpaired) electrons. The highest BCUT2D eigenvalue weighted by atomic mass is 32.2. The summed E-state index contributed by atoms with van der Waals surface area (Å²) < 4.78 is 25.1. The number of hydroxylamine groups is 2. The van der Waals surface area contributed by atoms with E-state index in [1.165, 1.54) is 0 Å². The average Bonchev–Trinajstić information content (AvgIpc) is 2.94. The number of aromatic nitrogens is 2. The number of hydrogen-bond donors (Lipinski definition) is 0. The first-order valence-corrected chi connectivity index (χ1v) is 9.92. The smallest absolute Gasteiger partial charge is 0.252 e. The topological polar surface area (TPSA) is 102 Å². The molecule has 0 N–H and O–H groups in total. The fourth-order valence-corrected chi connectivity index (χ4v) is 4.32. The van der Waals surface area contributed by atoms with Crippen LogP contribution in [0.15, 0.2) is 6.20 Å². The molecule has 2 aliphatic heterocycles. The van der Waals surface area contributed by atoms with Crippen LogP contribution in [0.4, 0.5) is 0 Å². The fourth-order valence-electron chi connectivity index (χ4n) is 3.34. The molecule has 1 aromatic heterocycles. The highest BCUT2D eigenvalue weighted by molar-refractivity contribution is 7.91. The first kappa shape index (κ1) is 17.9. The first-order valence-electron chi connectivity index (χ1n) is 8.10. The molecule has 0 spiro atoms. The van der Waals surface area contributed by atoms with Crippen LogP contribution in [0.25, 0.3) is 0 Å². The molecule has 10 heteroatoms. The van der Waals surface area contributed by atoms with Crippen LogP contribution in [0.1, 0.15) is 23.7 Å². The lowest BCUT2D eigenvalue weighted by molar-refractivity contribution is -0.187. The van der Waals surface area contributed by atoms with Crippen LogP contribution in [0.3, 0.4) is 0 Å². The Morgan fingerprint density at radius 2 is 2.04 bits per heavy atom. The lowest BCUT2D eigenvalue weighted by Gasteiger charge is -2.28. The van der Waals surface area contributed by atoms with Gasteiger partial charge < -0.3 is 4.90 Å². The number of rotatable bonds is 2. The van der Waals surface area contributed by atoms with Gasteiger partial charge in [0.15, 0.2) is 9.84 Å². The minimum absolute atomic E-state index is 0.0195. The minimum Gasteiger partial charge on any atom is -0.338 e. The summed E-state index contributed by atoms with van der Waals surface area (Å²) in [5, 5.41) is 5.32. The van der Waals surface area contributed by atoms with Crippen LogP contribution in [-0.4, -0.2) is 71.7 Å². The van der Waals surface area contributed by atoms with Crippen molar-refractivity contribution in [3.8, 4) is 0 Å². The third kappa shape index (κ3) is 3.28. The lowest BCUT2D eigenvalue weighted by atomic mass is 9.93. The number of sulfone groups is 1. The van der Waals surface area contributed by atoms with E-state index < -0.39 is 21.8 Å². The maximum absolute atomic E-state index is 13.0. The van der Waals surface area contributed by atoms with Crippen molar-refractivity contribution in [2.75, 3.05) is 31.7 Å². The van der Waals surface area contributed by atoms with Gasteiger partial charge in [-0.3, -0.25) is 19.1 Å². The SMILES string of the molecule is Cc1c(C2C(C(=O)N3CCS(=O)(=O)CCO3)CC(=O)N2C)cnn1C. The molecule has 2 saturated heterocycles. The zero-order valence-corrected chi connectivity index (χ0v) is 15.3. The molecule has 0 saturated carbocycles. The molecule has 1 aromatic rings. The van der Waals surface area contributed by atoms with Gasteiger partial charge in [-0.15, -0.1) is 0 Å². The second-order valence-electron chi connectivity index (χ2n) is 6.49. The molecular weight excluding hydrogens is 348 g/mol. The molecular formula is C15H22N4O5S. The van der Waals surface area contributed by atoms with Gasteiger partial charge in [0.05, 0.1) is 42.8 Å². The normalized spacial score (nSPS) is 26.8. The average molecular weight is 370 g/mol. The molecule has 138 valence electrons. The Morgan fingerprint density at radius 1 is 1.32 bits per heavy atom. The van der Waals surface area contributed by atoms with Gasteiger partial charge in [0.2, 0.25) is 5.91 Å². The monoisotopic (exact) mass is 370 g/mol. The standard InChI is InChI=1S/C15H22N4O5S/c1-10-12(9-16-18(10)3)14-11(8-13(20)17(14)2)15(21)19-4-6-25(22,23)7-5-24-19/h9,11,14H,4-8H2,1-3H3. The van der Waals surface area contributed by atoms with E-state index in [0.29, 0.717) is 0 Å². The summed E-state index contributed by atoms with van der Waals surface area (Å²) in [6.07, 6.45) is 1.74. The summed E-state index contributed by atoms with van der Waals surface area (Å²) in [6.45, 7) is 1.81. The summed E-state index contributed by atoms with van der Waals surface area (Å²) in [7, 11) is 0.259. The molecule has 2 fully saturated rings. The molecule has 25 heavy (non-hydrogen) atoms. The van der Waals surface area contributed by atoms with Crippen LogP contribution in [-0.2, 0) is 31.3 Å². The molecule has 0 aromatic carbocycles. The quantitative estimate of drug-likeness (QED) is 0.691. The largest absolute Gasteiger partial charge is 0.338 e. The summed E-state index contributed by atoms with van der Waals surface area (Å²) in [5.74, 6) is -1.35. The minimum atomic E-state index is -3.21. The van der Waals surface area contributed by atoms with Crippen molar-refractivity contribution in [2.45, 2.75) is 19.4 Å². The predicted molar refractivity (Wildman–Crippen MR) is 87.9 cm³/mol. The zero-order chi connectivity index (χ0) is 18.4. The third-order valence-corrected chi connectivity index (χ3v) is 6.58. The molecule has 3 heterocycles. The highest BCUT2D eigenvalue weighted by Crippen LogP contribution is 2.39. The van der Waals surface area contributed by atoms with Crippen molar-refractivity contribution in [3.63, 3.8) is 0 Å². The van der Waals surface area contributed by atoms with Crippen molar-refractivity contribution in [1.29, 1.82) is 0 Å². The Hall–Kier alpha value is -1.94. The van der Waals surface area contributed by atoms with Gasteiger partial charge in [-0.25, -0.2) is 13.5 Å². The molecule has 2 amide bonds. The van der Waals surface area contributed by atoms with Crippen LogP contribution in [0.5, 0.6) is 0 Å². The van der Waals surface area contributed by atoms with Gasteiger partial charge in [0, 0.05) is 31.8 Å². The first-order chi connectivity index (χ1) is 11.7.